The Morgan fingerprint density at radius 2 is 1.95 bits per heavy atom. The van der Waals surface area contributed by atoms with Crippen molar-refractivity contribution in [3.05, 3.63) is 47.4 Å². The van der Waals surface area contributed by atoms with Crippen LogP contribution < -0.4 is 19.9 Å². The third-order valence-corrected chi connectivity index (χ3v) is 7.32. The molecule has 5 heterocycles. The van der Waals surface area contributed by atoms with Crippen molar-refractivity contribution in [2.45, 2.75) is 31.7 Å². The summed E-state index contributed by atoms with van der Waals surface area (Å²) in [6.45, 7) is 2.96. The Hall–Kier alpha value is -3.89. The van der Waals surface area contributed by atoms with Crippen LogP contribution in [0.2, 0.25) is 0 Å². The van der Waals surface area contributed by atoms with E-state index < -0.39 is 5.82 Å². The number of anilines is 2. The standard InChI is InChI=1S/C26H30FN7O3/c1-31-16-24(35)28-8-12-37-21-7-6-17(27)13-18(21)26(36)33-11-3-2-5-20(33)19-14-23-29-22(32-9-4-10-32)15-25(31)34(23)30-19/h6-7,13-15,20H,2-5,8-12,16H2,1H3,(H,28,35). The predicted molar refractivity (Wildman–Crippen MR) is 136 cm³/mol. The molecule has 1 atom stereocenters. The van der Waals surface area contributed by atoms with Crippen molar-refractivity contribution in [2.24, 2.45) is 0 Å². The maximum absolute atomic E-state index is 14.2. The molecule has 194 valence electrons. The van der Waals surface area contributed by atoms with Crippen LogP contribution in [0.1, 0.15) is 47.8 Å². The van der Waals surface area contributed by atoms with E-state index in [4.69, 9.17) is 14.8 Å². The van der Waals surface area contributed by atoms with Crippen molar-refractivity contribution < 1.29 is 18.7 Å². The minimum absolute atomic E-state index is 0.129. The Morgan fingerprint density at radius 3 is 2.76 bits per heavy atom. The zero-order valence-corrected chi connectivity index (χ0v) is 20.8. The van der Waals surface area contributed by atoms with Crippen molar-refractivity contribution in [1.29, 1.82) is 0 Å². The first-order chi connectivity index (χ1) is 18.0. The molecule has 11 heteroatoms. The van der Waals surface area contributed by atoms with Crippen molar-refractivity contribution >= 4 is 29.1 Å². The molecular weight excluding hydrogens is 477 g/mol. The summed E-state index contributed by atoms with van der Waals surface area (Å²) in [5, 5.41) is 7.75. The van der Waals surface area contributed by atoms with Crippen LogP contribution in [-0.2, 0) is 4.79 Å². The van der Waals surface area contributed by atoms with Gasteiger partial charge in [0.25, 0.3) is 5.91 Å². The summed E-state index contributed by atoms with van der Waals surface area (Å²) in [6, 6.07) is 7.59. The second kappa shape index (κ2) is 9.53. The van der Waals surface area contributed by atoms with Crippen molar-refractivity contribution in [2.75, 3.05) is 56.2 Å². The molecule has 0 spiro atoms. The normalized spacial score (nSPS) is 20.8. The predicted octanol–water partition coefficient (Wildman–Crippen LogP) is 2.39. The first kappa shape index (κ1) is 23.5. The Labute approximate surface area is 214 Å². The number of benzene rings is 1. The lowest BCUT2D eigenvalue weighted by atomic mass is 9.98. The van der Waals surface area contributed by atoms with Crippen LogP contribution in [0.3, 0.4) is 0 Å². The lowest BCUT2D eigenvalue weighted by molar-refractivity contribution is -0.119. The molecule has 2 aromatic heterocycles. The van der Waals surface area contributed by atoms with Gasteiger partial charge in [0, 0.05) is 38.8 Å². The van der Waals surface area contributed by atoms with E-state index in [1.807, 2.05) is 24.1 Å². The topological polar surface area (TPSA) is 95.3 Å². The number of nitrogens with zero attached hydrogens (tertiary/aromatic N) is 6. The van der Waals surface area contributed by atoms with E-state index in [1.165, 1.54) is 18.2 Å². The highest BCUT2D eigenvalue weighted by atomic mass is 19.1. The third-order valence-electron chi connectivity index (χ3n) is 7.32. The number of hydrogen-bond donors (Lipinski definition) is 1. The number of aromatic nitrogens is 3. The molecule has 1 unspecified atom stereocenters. The highest BCUT2D eigenvalue weighted by Crippen LogP contribution is 2.35. The maximum Gasteiger partial charge on any atom is 0.258 e. The lowest BCUT2D eigenvalue weighted by Crippen LogP contribution is -2.40. The number of amides is 2. The van der Waals surface area contributed by atoms with Gasteiger partial charge in [0.1, 0.15) is 29.8 Å². The largest absolute Gasteiger partial charge is 0.491 e. The Balaban J connectivity index is 1.47. The van der Waals surface area contributed by atoms with Gasteiger partial charge < -0.3 is 24.8 Å². The maximum atomic E-state index is 14.2. The van der Waals surface area contributed by atoms with Gasteiger partial charge in [-0.05, 0) is 43.9 Å². The van der Waals surface area contributed by atoms with Crippen LogP contribution in [-0.4, -0.2) is 77.7 Å². The summed E-state index contributed by atoms with van der Waals surface area (Å²) in [7, 11) is 1.86. The molecule has 1 aromatic carbocycles. The smallest absolute Gasteiger partial charge is 0.258 e. The van der Waals surface area contributed by atoms with Gasteiger partial charge in [-0.25, -0.2) is 9.37 Å². The molecule has 2 amide bonds. The van der Waals surface area contributed by atoms with Crippen molar-refractivity contribution in [3.8, 4) is 5.75 Å². The van der Waals surface area contributed by atoms with Crippen LogP contribution in [0, 0.1) is 5.82 Å². The van der Waals surface area contributed by atoms with Crippen LogP contribution in [0.25, 0.3) is 5.65 Å². The third kappa shape index (κ3) is 4.42. The molecule has 0 saturated carbocycles. The van der Waals surface area contributed by atoms with Gasteiger partial charge in [-0.3, -0.25) is 9.59 Å². The van der Waals surface area contributed by atoms with Gasteiger partial charge in [0.2, 0.25) is 5.91 Å². The van der Waals surface area contributed by atoms with E-state index in [1.54, 1.807) is 9.42 Å². The second-order valence-electron chi connectivity index (χ2n) is 9.86. The molecule has 37 heavy (non-hydrogen) atoms. The summed E-state index contributed by atoms with van der Waals surface area (Å²) in [6.07, 6.45) is 3.68. The fourth-order valence-corrected chi connectivity index (χ4v) is 5.24. The molecule has 6 rings (SSSR count). The van der Waals surface area contributed by atoms with Crippen LogP contribution >= 0.6 is 0 Å². The zero-order chi connectivity index (χ0) is 25.5. The van der Waals surface area contributed by atoms with Gasteiger partial charge in [-0.15, -0.1) is 0 Å². The number of halogens is 1. The number of carbonyl (C=O) groups is 2. The Bertz CT molecular complexity index is 1360. The molecular formula is C26H30FN7O3. The van der Waals surface area contributed by atoms with Gasteiger partial charge in [0.05, 0.1) is 30.4 Å². The SMILES string of the molecule is CN1CC(=O)NCCOc2ccc(F)cc2C(=O)N2CCCCC2c2cc3nc(N4CCC4)cc1n3n2. The Morgan fingerprint density at radius 1 is 1.08 bits per heavy atom. The minimum Gasteiger partial charge on any atom is -0.491 e. The summed E-state index contributed by atoms with van der Waals surface area (Å²) in [5.74, 6) is 0.925. The first-order valence-corrected chi connectivity index (χ1v) is 12.8. The quantitative estimate of drug-likeness (QED) is 0.541. The van der Waals surface area contributed by atoms with E-state index >= 15 is 0 Å². The molecule has 1 N–H and O–H groups in total. The molecule has 2 saturated heterocycles. The van der Waals surface area contributed by atoms with E-state index in [2.05, 4.69) is 10.2 Å². The highest BCUT2D eigenvalue weighted by molar-refractivity contribution is 5.97. The van der Waals surface area contributed by atoms with Gasteiger partial charge in [-0.2, -0.15) is 9.61 Å². The van der Waals surface area contributed by atoms with E-state index in [0.29, 0.717) is 17.9 Å². The molecule has 3 aliphatic heterocycles. The second-order valence-corrected chi connectivity index (χ2v) is 9.86. The van der Waals surface area contributed by atoms with Crippen molar-refractivity contribution in [3.63, 3.8) is 0 Å². The number of piperidine rings is 1. The van der Waals surface area contributed by atoms with Crippen molar-refractivity contribution in [1.82, 2.24) is 24.8 Å². The summed E-state index contributed by atoms with van der Waals surface area (Å²) in [5.41, 5.74) is 1.57. The number of fused-ring (bicyclic) bond motifs is 4. The summed E-state index contributed by atoms with van der Waals surface area (Å²) in [4.78, 5) is 37.2. The van der Waals surface area contributed by atoms with E-state index in [9.17, 15) is 14.0 Å². The average Bonchev–Trinajstić information content (AvgIpc) is 3.29. The molecule has 0 radical (unpaired) electrons. The molecule has 10 nitrogen and oxygen atoms in total. The summed E-state index contributed by atoms with van der Waals surface area (Å²) >= 11 is 0. The number of rotatable bonds is 1. The number of carbonyl (C=O) groups excluding carboxylic acids is 2. The number of hydrogen-bond acceptors (Lipinski definition) is 7. The highest BCUT2D eigenvalue weighted by Gasteiger charge is 2.33. The fraction of sp³-hybridized carbons (Fsp3) is 0.462. The molecule has 3 aliphatic rings. The van der Waals surface area contributed by atoms with E-state index in [-0.39, 0.29) is 43.1 Å². The molecule has 0 aliphatic carbocycles. The fourth-order valence-electron chi connectivity index (χ4n) is 5.24. The van der Waals surface area contributed by atoms with Crippen LogP contribution in [0.15, 0.2) is 30.3 Å². The average molecular weight is 508 g/mol. The van der Waals surface area contributed by atoms with Crippen LogP contribution in [0.5, 0.6) is 5.75 Å². The zero-order valence-electron chi connectivity index (χ0n) is 20.8. The number of ether oxygens (including phenoxy) is 1. The van der Waals surface area contributed by atoms with Gasteiger partial charge >= 0.3 is 0 Å². The lowest BCUT2D eigenvalue weighted by Gasteiger charge is -2.35. The Kier molecular flexibility index (Phi) is 6.05. The van der Waals surface area contributed by atoms with Gasteiger partial charge in [-0.1, -0.05) is 0 Å². The minimum atomic E-state index is -0.505. The summed E-state index contributed by atoms with van der Waals surface area (Å²) < 4.78 is 21.8. The monoisotopic (exact) mass is 507 g/mol. The molecule has 2 fully saturated rings. The number of nitrogens with one attached hydrogen (secondary N) is 1. The first-order valence-electron chi connectivity index (χ1n) is 12.8. The molecule has 3 aromatic rings. The van der Waals surface area contributed by atoms with Gasteiger partial charge in [0.15, 0.2) is 5.65 Å². The van der Waals surface area contributed by atoms with E-state index in [0.717, 1.165) is 56.1 Å². The molecule has 2 bridgehead atoms. The van der Waals surface area contributed by atoms with Crippen LogP contribution in [0.4, 0.5) is 16.0 Å². The number of likely N-dealkylation sites (N-methyl/N-ethyl adjacent to an activating group) is 1.